The number of piperidine rings is 1. The van der Waals surface area contributed by atoms with E-state index in [1.54, 1.807) is 7.05 Å². The van der Waals surface area contributed by atoms with Gasteiger partial charge in [-0.1, -0.05) is 12.1 Å². The van der Waals surface area contributed by atoms with Crippen molar-refractivity contribution in [3.05, 3.63) is 29.3 Å². The largest absolute Gasteiger partial charge is 0.377 e. The predicted molar refractivity (Wildman–Crippen MR) is 124 cm³/mol. The Bertz CT molecular complexity index is 639. The zero-order valence-corrected chi connectivity index (χ0v) is 19.5. The number of anilines is 1. The molecule has 1 aliphatic rings. The highest BCUT2D eigenvalue weighted by molar-refractivity contribution is 14.0. The average Bonchev–Trinajstić information content (AvgIpc) is 2.64. The number of amides is 1. The van der Waals surface area contributed by atoms with Crippen LogP contribution in [0.5, 0.6) is 0 Å². The van der Waals surface area contributed by atoms with Crippen LogP contribution in [-0.4, -0.2) is 58.0 Å². The van der Waals surface area contributed by atoms with Crippen molar-refractivity contribution in [3.63, 3.8) is 0 Å². The number of rotatable bonds is 5. The van der Waals surface area contributed by atoms with Gasteiger partial charge in [0.2, 0.25) is 5.91 Å². The molecular weight excluding hydrogens is 453 g/mol. The smallest absolute Gasteiger partial charge is 0.220 e. The Labute approximate surface area is 180 Å². The second-order valence-corrected chi connectivity index (χ2v) is 7.24. The van der Waals surface area contributed by atoms with Crippen molar-refractivity contribution in [2.75, 3.05) is 46.2 Å². The molecule has 1 saturated heterocycles. The van der Waals surface area contributed by atoms with Gasteiger partial charge in [-0.15, -0.1) is 24.0 Å². The van der Waals surface area contributed by atoms with E-state index >= 15 is 0 Å². The normalized spacial score (nSPS) is 15.1. The minimum atomic E-state index is 0. The van der Waals surface area contributed by atoms with E-state index in [0.717, 1.165) is 38.4 Å². The molecule has 0 atom stereocenters. The summed E-state index contributed by atoms with van der Waals surface area (Å²) in [5.74, 6) is 1.55. The van der Waals surface area contributed by atoms with E-state index in [1.807, 2.05) is 7.05 Å². The molecule has 0 bridgehead atoms. The van der Waals surface area contributed by atoms with Gasteiger partial charge in [0, 0.05) is 59.9 Å². The van der Waals surface area contributed by atoms with Gasteiger partial charge >= 0.3 is 0 Å². The Morgan fingerprint density at radius 1 is 1.30 bits per heavy atom. The van der Waals surface area contributed by atoms with Crippen molar-refractivity contribution in [1.29, 1.82) is 0 Å². The first-order valence-corrected chi connectivity index (χ1v) is 9.37. The standard InChI is InChI=1S/C20H33N5O.HI/c1-15-6-7-17(18(12-15)24(4)5)14-23-20(22-3)25-10-8-16(9-11-25)13-19(26)21-2;/h6-7,12,16H,8-11,13-14H2,1-5H3,(H,21,26)(H,22,23);1H. The number of aryl methyl sites for hydroxylation is 1. The summed E-state index contributed by atoms with van der Waals surface area (Å²) in [6.07, 6.45) is 2.69. The van der Waals surface area contributed by atoms with Gasteiger partial charge in [0.15, 0.2) is 5.96 Å². The molecule has 0 aromatic heterocycles. The van der Waals surface area contributed by atoms with Gasteiger partial charge in [0.05, 0.1) is 0 Å². The third-order valence-corrected chi connectivity index (χ3v) is 5.04. The molecule has 2 N–H and O–H groups in total. The number of hydrogen-bond acceptors (Lipinski definition) is 3. The highest BCUT2D eigenvalue weighted by Gasteiger charge is 2.23. The van der Waals surface area contributed by atoms with Gasteiger partial charge in [0.1, 0.15) is 0 Å². The third kappa shape index (κ3) is 6.86. The number of aliphatic imine (C=N–C) groups is 1. The highest BCUT2D eigenvalue weighted by Crippen LogP contribution is 2.22. The molecule has 1 fully saturated rings. The summed E-state index contributed by atoms with van der Waals surface area (Å²) in [6.45, 7) is 4.75. The molecule has 0 aliphatic carbocycles. The maximum atomic E-state index is 11.6. The monoisotopic (exact) mass is 487 g/mol. The molecule has 0 radical (unpaired) electrons. The molecule has 1 heterocycles. The number of hydrogen-bond donors (Lipinski definition) is 2. The lowest BCUT2D eigenvalue weighted by molar-refractivity contribution is -0.121. The zero-order chi connectivity index (χ0) is 19.1. The van der Waals surface area contributed by atoms with Crippen LogP contribution < -0.4 is 15.5 Å². The summed E-state index contributed by atoms with van der Waals surface area (Å²) in [4.78, 5) is 20.5. The second kappa shape index (κ2) is 11.4. The molecule has 1 aromatic rings. The van der Waals surface area contributed by atoms with E-state index in [2.05, 4.69) is 64.6 Å². The van der Waals surface area contributed by atoms with Crippen LogP contribution in [0.3, 0.4) is 0 Å². The number of likely N-dealkylation sites (tertiary alicyclic amines) is 1. The van der Waals surface area contributed by atoms with Crippen LogP contribution in [0.1, 0.15) is 30.4 Å². The van der Waals surface area contributed by atoms with Gasteiger partial charge in [0.25, 0.3) is 0 Å². The van der Waals surface area contributed by atoms with Crippen molar-refractivity contribution < 1.29 is 4.79 Å². The lowest BCUT2D eigenvalue weighted by Crippen LogP contribution is -2.45. The van der Waals surface area contributed by atoms with E-state index in [9.17, 15) is 4.79 Å². The lowest BCUT2D eigenvalue weighted by atomic mass is 9.93. The van der Waals surface area contributed by atoms with Gasteiger partial charge in [-0.05, 0) is 42.9 Å². The molecule has 7 heteroatoms. The number of nitrogens with one attached hydrogen (secondary N) is 2. The van der Waals surface area contributed by atoms with Crippen molar-refractivity contribution >= 4 is 41.5 Å². The van der Waals surface area contributed by atoms with Crippen LogP contribution in [-0.2, 0) is 11.3 Å². The van der Waals surface area contributed by atoms with E-state index in [0.29, 0.717) is 12.3 Å². The lowest BCUT2D eigenvalue weighted by Gasteiger charge is -2.34. The molecule has 1 aliphatic heterocycles. The summed E-state index contributed by atoms with van der Waals surface area (Å²) in [5.41, 5.74) is 3.76. The quantitative estimate of drug-likeness (QED) is 0.381. The fraction of sp³-hybridized carbons (Fsp3) is 0.600. The predicted octanol–water partition coefficient (Wildman–Crippen LogP) is 2.60. The summed E-state index contributed by atoms with van der Waals surface area (Å²) >= 11 is 0. The van der Waals surface area contributed by atoms with E-state index in [1.165, 1.54) is 16.8 Å². The number of carbonyl (C=O) groups is 1. The van der Waals surface area contributed by atoms with Gasteiger partial charge in [-0.2, -0.15) is 0 Å². The summed E-state index contributed by atoms with van der Waals surface area (Å²) < 4.78 is 0. The first kappa shape index (κ1) is 23.5. The zero-order valence-electron chi connectivity index (χ0n) is 17.2. The van der Waals surface area contributed by atoms with E-state index in [4.69, 9.17) is 0 Å². The minimum Gasteiger partial charge on any atom is -0.377 e. The molecular formula is C20H34IN5O. The maximum Gasteiger partial charge on any atom is 0.220 e. The van der Waals surface area contributed by atoms with Crippen LogP contribution in [0.25, 0.3) is 0 Å². The highest BCUT2D eigenvalue weighted by atomic mass is 127. The molecule has 27 heavy (non-hydrogen) atoms. The first-order valence-electron chi connectivity index (χ1n) is 9.37. The van der Waals surface area contributed by atoms with Crippen LogP contribution in [0.2, 0.25) is 0 Å². The van der Waals surface area contributed by atoms with Crippen LogP contribution in [0, 0.1) is 12.8 Å². The Hall–Kier alpha value is -1.51. The summed E-state index contributed by atoms with van der Waals surface area (Å²) in [6, 6.07) is 6.54. The number of benzene rings is 1. The van der Waals surface area contributed by atoms with Crippen molar-refractivity contribution in [2.45, 2.75) is 32.7 Å². The van der Waals surface area contributed by atoms with Gasteiger partial charge in [-0.25, -0.2) is 0 Å². The topological polar surface area (TPSA) is 60.0 Å². The first-order chi connectivity index (χ1) is 12.4. The van der Waals surface area contributed by atoms with Crippen LogP contribution in [0.4, 0.5) is 5.69 Å². The van der Waals surface area contributed by atoms with Crippen LogP contribution in [0.15, 0.2) is 23.2 Å². The number of carbonyl (C=O) groups excluding carboxylic acids is 1. The molecule has 0 saturated carbocycles. The number of nitrogens with zero attached hydrogens (tertiary/aromatic N) is 3. The molecule has 0 unspecified atom stereocenters. The van der Waals surface area contributed by atoms with Gasteiger partial charge in [-0.3, -0.25) is 9.79 Å². The number of guanidine groups is 1. The summed E-state index contributed by atoms with van der Waals surface area (Å²) in [5, 5.41) is 6.23. The van der Waals surface area contributed by atoms with E-state index < -0.39 is 0 Å². The Kier molecular flexibility index (Phi) is 9.90. The van der Waals surface area contributed by atoms with Crippen molar-refractivity contribution in [1.82, 2.24) is 15.5 Å². The SMILES string of the molecule is CN=C(NCc1ccc(C)cc1N(C)C)N1CCC(CC(=O)NC)CC1.I. The molecule has 0 spiro atoms. The Balaban J connectivity index is 0.00000364. The molecule has 6 nitrogen and oxygen atoms in total. The minimum absolute atomic E-state index is 0. The summed E-state index contributed by atoms with van der Waals surface area (Å²) in [7, 11) is 7.69. The Morgan fingerprint density at radius 3 is 2.52 bits per heavy atom. The van der Waals surface area contributed by atoms with Crippen molar-refractivity contribution in [3.8, 4) is 0 Å². The molecule has 1 aromatic carbocycles. The maximum absolute atomic E-state index is 11.6. The van der Waals surface area contributed by atoms with Gasteiger partial charge < -0.3 is 20.4 Å². The van der Waals surface area contributed by atoms with Crippen LogP contribution >= 0.6 is 24.0 Å². The second-order valence-electron chi connectivity index (χ2n) is 7.24. The number of halogens is 1. The molecule has 152 valence electrons. The van der Waals surface area contributed by atoms with E-state index in [-0.39, 0.29) is 29.9 Å². The Morgan fingerprint density at radius 2 is 1.96 bits per heavy atom. The fourth-order valence-electron chi connectivity index (χ4n) is 3.46. The average molecular weight is 487 g/mol. The third-order valence-electron chi connectivity index (χ3n) is 5.04. The molecule has 1 amide bonds. The molecule has 2 rings (SSSR count). The van der Waals surface area contributed by atoms with Crippen molar-refractivity contribution in [2.24, 2.45) is 10.9 Å². The fourth-order valence-corrected chi connectivity index (χ4v) is 3.46.